The highest BCUT2D eigenvalue weighted by atomic mass is 16.5. The highest BCUT2D eigenvalue weighted by Gasteiger charge is 2.34. The molecule has 1 fully saturated rings. The molecule has 110 valence electrons. The predicted octanol–water partition coefficient (Wildman–Crippen LogP) is 3.64. The molecule has 0 bridgehead atoms. The Kier molecular flexibility index (Phi) is 4.21. The van der Waals surface area contributed by atoms with Crippen LogP contribution in [0, 0.1) is 5.41 Å². The number of carbonyl (C=O) groups excluding carboxylic acids is 1. The van der Waals surface area contributed by atoms with Crippen molar-refractivity contribution in [2.75, 3.05) is 17.7 Å². The lowest BCUT2D eigenvalue weighted by molar-refractivity contribution is -0.114. The maximum Gasteiger partial charge on any atom is 0.221 e. The molecule has 0 heterocycles. The van der Waals surface area contributed by atoms with Gasteiger partial charge in [-0.3, -0.25) is 4.79 Å². The van der Waals surface area contributed by atoms with Gasteiger partial charge in [-0.1, -0.05) is 20.3 Å². The second-order valence-electron chi connectivity index (χ2n) is 6.17. The summed E-state index contributed by atoms with van der Waals surface area (Å²) < 4.78 is 5.35. The maximum atomic E-state index is 11.1. The van der Waals surface area contributed by atoms with Gasteiger partial charge in [-0.05, 0) is 30.4 Å². The molecule has 1 atom stereocenters. The Bertz CT molecular complexity index is 497. The van der Waals surface area contributed by atoms with Crippen LogP contribution in [0.3, 0.4) is 0 Å². The molecule has 2 N–H and O–H groups in total. The van der Waals surface area contributed by atoms with Crippen LogP contribution in [0.2, 0.25) is 0 Å². The fraction of sp³-hybridized carbons (Fsp3) is 0.562. The van der Waals surface area contributed by atoms with Gasteiger partial charge in [0.05, 0.1) is 12.8 Å². The third-order valence-corrected chi connectivity index (χ3v) is 4.11. The maximum absolute atomic E-state index is 11.1. The topological polar surface area (TPSA) is 50.4 Å². The minimum absolute atomic E-state index is 0.0964. The fourth-order valence-corrected chi connectivity index (χ4v) is 2.87. The zero-order valence-electron chi connectivity index (χ0n) is 12.7. The largest absolute Gasteiger partial charge is 0.494 e. The Morgan fingerprint density at radius 2 is 2.15 bits per heavy atom. The standard InChI is InChI=1S/C16H24N2O2/c1-11(19)17-13-8-7-12(10-14(13)20-4)18-15-6-5-9-16(15,2)3/h7-8,10,15,18H,5-6,9H2,1-4H3,(H,17,19). The second kappa shape index (κ2) is 5.73. The van der Waals surface area contributed by atoms with E-state index in [2.05, 4.69) is 24.5 Å². The average Bonchev–Trinajstić information content (AvgIpc) is 2.70. The zero-order chi connectivity index (χ0) is 14.8. The lowest BCUT2D eigenvalue weighted by Crippen LogP contribution is -2.30. The molecule has 0 spiro atoms. The van der Waals surface area contributed by atoms with Gasteiger partial charge >= 0.3 is 0 Å². The molecule has 1 saturated carbocycles. The number of benzene rings is 1. The minimum Gasteiger partial charge on any atom is -0.494 e. The molecule has 0 aromatic heterocycles. The number of anilines is 2. The highest BCUT2D eigenvalue weighted by Crippen LogP contribution is 2.39. The second-order valence-corrected chi connectivity index (χ2v) is 6.17. The SMILES string of the molecule is COc1cc(NC2CCCC2(C)C)ccc1NC(C)=O. The van der Waals surface area contributed by atoms with Crippen LogP contribution in [0.4, 0.5) is 11.4 Å². The lowest BCUT2D eigenvalue weighted by Gasteiger charge is -2.29. The Morgan fingerprint density at radius 3 is 2.70 bits per heavy atom. The van der Waals surface area contributed by atoms with E-state index in [0.717, 1.165) is 5.69 Å². The molecule has 1 amide bonds. The summed E-state index contributed by atoms with van der Waals surface area (Å²) in [4.78, 5) is 11.1. The van der Waals surface area contributed by atoms with Gasteiger partial charge in [0, 0.05) is 24.7 Å². The summed E-state index contributed by atoms with van der Waals surface area (Å²) in [5.41, 5.74) is 2.07. The summed E-state index contributed by atoms with van der Waals surface area (Å²) in [5, 5.41) is 6.36. The monoisotopic (exact) mass is 276 g/mol. The van der Waals surface area contributed by atoms with Crippen LogP contribution in [0.1, 0.15) is 40.0 Å². The van der Waals surface area contributed by atoms with Gasteiger partial charge in [-0.25, -0.2) is 0 Å². The number of hydrogen-bond donors (Lipinski definition) is 2. The van der Waals surface area contributed by atoms with E-state index < -0.39 is 0 Å². The Labute approximate surface area is 120 Å². The van der Waals surface area contributed by atoms with Crippen molar-refractivity contribution in [1.82, 2.24) is 0 Å². The minimum atomic E-state index is -0.0964. The molecule has 4 nitrogen and oxygen atoms in total. The molecule has 1 aliphatic rings. The summed E-state index contributed by atoms with van der Waals surface area (Å²) >= 11 is 0. The van der Waals surface area contributed by atoms with Gasteiger partial charge in [0.15, 0.2) is 0 Å². The van der Waals surface area contributed by atoms with Crippen LogP contribution in [0.15, 0.2) is 18.2 Å². The number of methoxy groups -OCH3 is 1. The van der Waals surface area contributed by atoms with Gasteiger partial charge in [-0.2, -0.15) is 0 Å². The fourth-order valence-electron chi connectivity index (χ4n) is 2.87. The van der Waals surface area contributed by atoms with E-state index >= 15 is 0 Å². The van der Waals surface area contributed by atoms with Gasteiger partial charge in [0.1, 0.15) is 5.75 Å². The van der Waals surface area contributed by atoms with E-state index in [9.17, 15) is 4.79 Å². The van der Waals surface area contributed by atoms with E-state index in [4.69, 9.17) is 4.74 Å². The number of ether oxygens (including phenoxy) is 1. The third kappa shape index (κ3) is 3.24. The summed E-state index contributed by atoms with van der Waals surface area (Å²) in [6, 6.07) is 6.30. The van der Waals surface area contributed by atoms with Crippen molar-refractivity contribution in [2.45, 2.75) is 46.1 Å². The van der Waals surface area contributed by atoms with Crippen LogP contribution in [0.5, 0.6) is 5.75 Å². The summed E-state index contributed by atoms with van der Waals surface area (Å²) in [6.07, 6.45) is 3.72. The van der Waals surface area contributed by atoms with Gasteiger partial charge in [0.2, 0.25) is 5.91 Å². The van der Waals surface area contributed by atoms with Crippen molar-refractivity contribution in [1.29, 1.82) is 0 Å². The molecule has 1 aromatic carbocycles. The summed E-state index contributed by atoms with van der Waals surface area (Å²) in [5.74, 6) is 0.585. The number of carbonyl (C=O) groups is 1. The van der Waals surface area contributed by atoms with Crippen LogP contribution in [0.25, 0.3) is 0 Å². The zero-order valence-corrected chi connectivity index (χ0v) is 12.7. The molecule has 20 heavy (non-hydrogen) atoms. The molecular weight excluding hydrogens is 252 g/mol. The molecule has 0 aliphatic heterocycles. The summed E-state index contributed by atoms with van der Waals surface area (Å²) in [7, 11) is 1.62. The van der Waals surface area contributed by atoms with Crippen molar-refractivity contribution in [3.05, 3.63) is 18.2 Å². The predicted molar refractivity (Wildman–Crippen MR) is 82.3 cm³/mol. The van der Waals surface area contributed by atoms with E-state index in [1.165, 1.54) is 26.2 Å². The molecule has 1 aromatic rings. The normalized spacial score (nSPS) is 20.5. The van der Waals surface area contributed by atoms with Gasteiger partial charge < -0.3 is 15.4 Å². The van der Waals surface area contributed by atoms with Crippen LogP contribution in [-0.4, -0.2) is 19.1 Å². The molecule has 2 rings (SSSR count). The first-order valence-electron chi connectivity index (χ1n) is 7.14. The van der Waals surface area contributed by atoms with E-state index in [-0.39, 0.29) is 5.91 Å². The smallest absolute Gasteiger partial charge is 0.221 e. The molecule has 1 aliphatic carbocycles. The Hall–Kier alpha value is -1.71. The van der Waals surface area contributed by atoms with E-state index in [1.54, 1.807) is 7.11 Å². The van der Waals surface area contributed by atoms with Crippen LogP contribution >= 0.6 is 0 Å². The molecule has 0 saturated heterocycles. The molecule has 0 radical (unpaired) electrons. The number of rotatable bonds is 4. The number of amides is 1. The van der Waals surface area contributed by atoms with Gasteiger partial charge in [-0.15, -0.1) is 0 Å². The first-order valence-corrected chi connectivity index (χ1v) is 7.14. The van der Waals surface area contributed by atoms with E-state index in [0.29, 0.717) is 22.9 Å². The molecular formula is C16H24N2O2. The Balaban J connectivity index is 2.15. The van der Waals surface area contributed by atoms with Crippen molar-refractivity contribution in [2.24, 2.45) is 5.41 Å². The average molecular weight is 276 g/mol. The molecule has 4 heteroatoms. The molecule has 1 unspecified atom stereocenters. The number of hydrogen-bond acceptors (Lipinski definition) is 3. The third-order valence-electron chi connectivity index (χ3n) is 4.11. The quantitative estimate of drug-likeness (QED) is 0.882. The summed E-state index contributed by atoms with van der Waals surface area (Å²) in [6.45, 7) is 6.10. The first kappa shape index (κ1) is 14.7. The van der Waals surface area contributed by atoms with Crippen LogP contribution in [-0.2, 0) is 4.79 Å². The van der Waals surface area contributed by atoms with Crippen molar-refractivity contribution in [3.63, 3.8) is 0 Å². The van der Waals surface area contributed by atoms with Gasteiger partial charge in [0.25, 0.3) is 0 Å². The lowest BCUT2D eigenvalue weighted by atomic mass is 9.87. The van der Waals surface area contributed by atoms with Crippen molar-refractivity contribution < 1.29 is 9.53 Å². The van der Waals surface area contributed by atoms with Crippen molar-refractivity contribution >= 4 is 17.3 Å². The van der Waals surface area contributed by atoms with E-state index in [1.807, 2.05) is 18.2 Å². The Morgan fingerprint density at radius 1 is 1.40 bits per heavy atom. The van der Waals surface area contributed by atoms with Crippen LogP contribution < -0.4 is 15.4 Å². The highest BCUT2D eigenvalue weighted by molar-refractivity contribution is 5.90. The first-order chi connectivity index (χ1) is 9.42. The number of nitrogens with one attached hydrogen (secondary N) is 2. The van der Waals surface area contributed by atoms with Crippen molar-refractivity contribution in [3.8, 4) is 5.75 Å².